The summed E-state index contributed by atoms with van der Waals surface area (Å²) >= 11 is 5.97. The van der Waals surface area contributed by atoms with Crippen molar-refractivity contribution in [3.05, 3.63) is 59.1 Å². The van der Waals surface area contributed by atoms with Gasteiger partial charge in [-0.1, -0.05) is 48.0 Å². The largest absolute Gasteiger partial charge is 0.379 e. The molecule has 2 aromatic carbocycles. The molecule has 1 heterocycles. The number of likely N-dealkylation sites (tertiary alicyclic amines) is 1. The molecule has 2 aromatic rings. The second-order valence-corrected chi connectivity index (χ2v) is 7.34. The fourth-order valence-corrected chi connectivity index (χ4v) is 3.69. The molecule has 1 N–H and O–H groups in total. The average Bonchev–Trinajstić information content (AvgIpc) is 2.67. The SMILES string of the molecule is COCC[N+]1(NCc2ccc(-c3ccc(Cl)cc3)cc2)CCCCC1. The van der Waals surface area contributed by atoms with Crippen molar-refractivity contribution in [3.63, 3.8) is 0 Å². The van der Waals surface area contributed by atoms with Crippen molar-refractivity contribution >= 4 is 11.6 Å². The molecule has 0 amide bonds. The molecular weight excluding hydrogens is 332 g/mol. The Morgan fingerprint density at radius 3 is 2.12 bits per heavy atom. The summed E-state index contributed by atoms with van der Waals surface area (Å²) in [5.41, 5.74) is 7.53. The fraction of sp³-hybridized carbons (Fsp3) is 0.429. The normalized spacial score (nSPS) is 16.7. The van der Waals surface area contributed by atoms with E-state index in [9.17, 15) is 0 Å². The minimum absolute atomic E-state index is 0.774. The van der Waals surface area contributed by atoms with E-state index in [-0.39, 0.29) is 0 Å². The van der Waals surface area contributed by atoms with Gasteiger partial charge in [-0.05, 0) is 48.1 Å². The Morgan fingerprint density at radius 2 is 1.52 bits per heavy atom. The van der Waals surface area contributed by atoms with Crippen LogP contribution in [0.25, 0.3) is 11.1 Å². The lowest BCUT2D eigenvalue weighted by molar-refractivity contribution is -0.975. The molecule has 0 spiro atoms. The average molecular weight is 360 g/mol. The van der Waals surface area contributed by atoms with Gasteiger partial charge in [0.2, 0.25) is 0 Å². The molecule has 1 saturated heterocycles. The van der Waals surface area contributed by atoms with Gasteiger partial charge in [0.05, 0.1) is 26.2 Å². The molecule has 0 atom stereocenters. The monoisotopic (exact) mass is 359 g/mol. The highest BCUT2D eigenvalue weighted by Gasteiger charge is 2.29. The van der Waals surface area contributed by atoms with Gasteiger partial charge in [0, 0.05) is 12.1 Å². The van der Waals surface area contributed by atoms with Crippen LogP contribution < -0.4 is 5.43 Å². The van der Waals surface area contributed by atoms with E-state index in [1.807, 2.05) is 12.1 Å². The zero-order valence-electron chi connectivity index (χ0n) is 15.0. The number of hydrogen-bond donors (Lipinski definition) is 1. The molecule has 1 fully saturated rings. The second-order valence-electron chi connectivity index (χ2n) is 6.91. The van der Waals surface area contributed by atoms with Gasteiger partial charge in [0.15, 0.2) is 0 Å². The highest BCUT2D eigenvalue weighted by atomic mass is 35.5. The van der Waals surface area contributed by atoms with Crippen LogP contribution in [0.1, 0.15) is 24.8 Å². The maximum Gasteiger partial charge on any atom is 0.120 e. The maximum atomic E-state index is 5.97. The molecule has 0 radical (unpaired) electrons. The molecule has 0 aliphatic carbocycles. The number of hydrogen-bond acceptors (Lipinski definition) is 2. The van der Waals surface area contributed by atoms with E-state index in [4.69, 9.17) is 16.3 Å². The van der Waals surface area contributed by atoms with Gasteiger partial charge < -0.3 is 4.74 Å². The van der Waals surface area contributed by atoms with Crippen LogP contribution in [0.2, 0.25) is 5.02 Å². The second kappa shape index (κ2) is 8.81. The summed E-state index contributed by atoms with van der Waals surface area (Å²) in [6.45, 7) is 5.14. The third-order valence-corrected chi connectivity index (χ3v) is 5.40. The Labute approximate surface area is 156 Å². The van der Waals surface area contributed by atoms with Crippen LogP contribution in [-0.4, -0.2) is 37.9 Å². The predicted octanol–water partition coefficient (Wildman–Crippen LogP) is 4.66. The first-order chi connectivity index (χ1) is 12.2. The molecule has 4 heteroatoms. The number of nitrogens with zero attached hydrogens (tertiary/aromatic N) is 1. The molecular formula is C21H28ClN2O+. The highest BCUT2D eigenvalue weighted by molar-refractivity contribution is 6.30. The van der Waals surface area contributed by atoms with Gasteiger partial charge in [0.1, 0.15) is 6.54 Å². The van der Waals surface area contributed by atoms with Crippen molar-refractivity contribution in [1.29, 1.82) is 0 Å². The first-order valence-corrected chi connectivity index (χ1v) is 9.54. The molecule has 134 valence electrons. The third-order valence-electron chi connectivity index (χ3n) is 5.15. The predicted molar refractivity (Wildman–Crippen MR) is 104 cm³/mol. The Balaban J connectivity index is 1.63. The number of rotatable bonds is 7. The molecule has 0 bridgehead atoms. The van der Waals surface area contributed by atoms with Crippen molar-refractivity contribution in [1.82, 2.24) is 5.43 Å². The lowest BCUT2D eigenvalue weighted by Crippen LogP contribution is -2.61. The summed E-state index contributed by atoms with van der Waals surface area (Å²) in [7, 11) is 1.79. The summed E-state index contributed by atoms with van der Waals surface area (Å²) in [6, 6.07) is 16.8. The number of nitrogens with one attached hydrogen (secondary N) is 1. The highest BCUT2D eigenvalue weighted by Crippen LogP contribution is 2.22. The number of ether oxygens (including phenoxy) is 1. The van der Waals surface area contributed by atoms with Crippen LogP contribution in [0, 0.1) is 0 Å². The summed E-state index contributed by atoms with van der Waals surface area (Å²) in [6.07, 6.45) is 3.95. The lowest BCUT2D eigenvalue weighted by Gasteiger charge is -2.40. The fourth-order valence-electron chi connectivity index (χ4n) is 3.56. The topological polar surface area (TPSA) is 21.3 Å². The molecule has 0 aromatic heterocycles. The van der Waals surface area contributed by atoms with E-state index < -0.39 is 0 Å². The first kappa shape index (κ1) is 18.4. The van der Waals surface area contributed by atoms with Gasteiger partial charge in [-0.25, -0.2) is 4.59 Å². The number of quaternary nitrogens is 1. The van der Waals surface area contributed by atoms with Crippen molar-refractivity contribution in [2.75, 3.05) is 33.4 Å². The molecule has 0 unspecified atom stereocenters. The lowest BCUT2D eigenvalue weighted by atomic mass is 10.0. The number of piperidine rings is 1. The van der Waals surface area contributed by atoms with Crippen molar-refractivity contribution < 1.29 is 9.33 Å². The zero-order chi connectivity index (χ0) is 17.5. The van der Waals surface area contributed by atoms with Crippen molar-refractivity contribution in [2.45, 2.75) is 25.8 Å². The Hall–Kier alpha value is -1.39. The Kier molecular flexibility index (Phi) is 6.49. The standard InChI is InChI=1S/C21H28ClN2O/c1-25-16-15-24(13-3-2-4-14-24)23-17-18-5-7-19(8-6-18)20-9-11-21(22)12-10-20/h5-12,23H,2-4,13-17H2,1H3/q+1. The van der Waals surface area contributed by atoms with Crippen molar-refractivity contribution in [2.24, 2.45) is 0 Å². The summed E-state index contributed by atoms with van der Waals surface area (Å²) in [5.74, 6) is 0. The van der Waals surface area contributed by atoms with E-state index >= 15 is 0 Å². The smallest absolute Gasteiger partial charge is 0.120 e. The number of benzene rings is 2. The van der Waals surface area contributed by atoms with Crippen LogP contribution in [0.4, 0.5) is 0 Å². The summed E-state index contributed by atoms with van der Waals surface area (Å²) in [4.78, 5) is 0. The van der Waals surface area contributed by atoms with Crippen LogP contribution >= 0.6 is 11.6 Å². The zero-order valence-corrected chi connectivity index (χ0v) is 15.8. The minimum atomic E-state index is 0.774. The van der Waals surface area contributed by atoms with Gasteiger partial charge in [-0.3, -0.25) is 0 Å². The van der Waals surface area contributed by atoms with E-state index in [1.54, 1.807) is 7.11 Å². The number of methoxy groups -OCH3 is 1. The van der Waals surface area contributed by atoms with E-state index in [0.29, 0.717) is 0 Å². The molecule has 25 heavy (non-hydrogen) atoms. The summed E-state index contributed by atoms with van der Waals surface area (Å²) < 4.78 is 6.31. The van der Waals surface area contributed by atoms with Gasteiger partial charge >= 0.3 is 0 Å². The van der Waals surface area contributed by atoms with Crippen LogP contribution in [0.5, 0.6) is 0 Å². The van der Waals surface area contributed by atoms with Gasteiger partial charge in [0.25, 0.3) is 0 Å². The quantitative estimate of drug-likeness (QED) is 0.726. The molecule has 1 aliphatic heterocycles. The molecule has 3 nitrogen and oxygen atoms in total. The van der Waals surface area contributed by atoms with Crippen molar-refractivity contribution in [3.8, 4) is 11.1 Å². The maximum absolute atomic E-state index is 5.97. The van der Waals surface area contributed by atoms with E-state index in [2.05, 4.69) is 41.8 Å². The van der Waals surface area contributed by atoms with Crippen LogP contribution in [-0.2, 0) is 11.3 Å². The first-order valence-electron chi connectivity index (χ1n) is 9.16. The van der Waals surface area contributed by atoms with Gasteiger partial charge in [-0.2, -0.15) is 5.43 Å². The molecule has 3 rings (SSSR count). The number of halogens is 1. The van der Waals surface area contributed by atoms with E-state index in [0.717, 1.165) is 29.3 Å². The third kappa shape index (κ3) is 5.05. The van der Waals surface area contributed by atoms with Crippen LogP contribution in [0.15, 0.2) is 48.5 Å². The van der Waals surface area contributed by atoms with Gasteiger partial charge in [-0.15, -0.1) is 0 Å². The van der Waals surface area contributed by atoms with Crippen LogP contribution in [0.3, 0.4) is 0 Å². The van der Waals surface area contributed by atoms with E-state index in [1.165, 1.54) is 49.0 Å². The molecule has 0 saturated carbocycles. The Morgan fingerprint density at radius 1 is 0.920 bits per heavy atom. The molecule has 1 aliphatic rings. The summed E-state index contributed by atoms with van der Waals surface area (Å²) in [5, 5.41) is 0.774. The minimum Gasteiger partial charge on any atom is -0.379 e. The Bertz CT molecular complexity index is 649.